The molecule has 0 saturated heterocycles. The molecule has 0 N–H and O–H groups in total. The summed E-state index contributed by atoms with van der Waals surface area (Å²) in [6, 6.07) is 8.16. The van der Waals surface area contributed by atoms with Gasteiger partial charge in [-0.1, -0.05) is 24.3 Å². The van der Waals surface area contributed by atoms with Crippen molar-refractivity contribution in [3.05, 3.63) is 48.1 Å². The summed E-state index contributed by atoms with van der Waals surface area (Å²) in [7, 11) is 0. The van der Waals surface area contributed by atoms with Crippen molar-refractivity contribution >= 4 is 17.0 Å². The van der Waals surface area contributed by atoms with Crippen LogP contribution in [0.15, 0.2) is 41.4 Å². The third-order valence-corrected chi connectivity index (χ3v) is 2.14. The number of allylic oxidation sites excluding steroid dienone is 4. The van der Waals surface area contributed by atoms with Crippen LogP contribution in [0.1, 0.15) is 5.56 Å². The summed E-state index contributed by atoms with van der Waals surface area (Å²) in [6.07, 6.45) is 7.10. The fourth-order valence-electron chi connectivity index (χ4n) is 1.58. The maximum Gasteiger partial charge on any atom is 0.0722 e. The predicted octanol–water partition coefficient (Wildman–Crippen LogP) is 2.53. The largest absolute Gasteiger partial charge is 0.248 e. The van der Waals surface area contributed by atoms with E-state index in [9.17, 15) is 0 Å². The highest BCUT2D eigenvalue weighted by atomic mass is 14.8. The van der Waals surface area contributed by atoms with Crippen molar-refractivity contribution in [3.63, 3.8) is 0 Å². The molecule has 0 saturated carbocycles. The zero-order chi connectivity index (χ0) is 7.97. The average Bonchev–Trinajstić information content (AvgIpc) is 2.62. The molecule has 1 aromatic rings. The van der Waals surface area contributed by atoms with Crippen LogP contribution < -0.4 is 0 Å². The molecule has 55 valence electrons. The summed E-state index contributed by atoms with van der Waals surface area (Å²) in [5.41, 5.74) is 4.47. The van der Waals surface area contributed by atoms with Gasteiger partial charge >= 0.3 is 0 Å². The van der Waals surface area contributed by atoms with Crippen LogP contribution in [0.5, 0.6) is 0 Å². The van der Waals surface area contributed by atoms with E-state index in [1.807, 2.05) is 30.4 Å². The van der Waals surface area contributed by atoms with Crippen LogP contribution in [0.4, 0.5) is 5.69 Å². The number of nitrogens with zero attached hydrogens (tertiary/aromatic N) is 1. The zero-order valence-corrected chi connectivity index (χ0v) is 6.41. The lowest BCUT2D eigenvalue weighted by Gasteiger charge is -1.95. The first-order chi connectivity index (χ1) is 5.95. The van der Waals surface area contributed by atoms with E-state index in [0.717, 1.165) is 17.0 Å². The fraction of sp³-hybridized carbons (Fsp3) is 0. The van der Waals surface area contributed by atoms with Crippen LogP contribution in [0.3, 0.4) is 0 Å². The van der Waals surface area contributed by atoms with Gasteiger partial charge in [0.15, 0.2) is 0 Å². The second kappa shape index (κ2) is 1.95. The Balaban J connectivity index is 2.33. The minimum atomic E-state index is 1.05. The van der Waals surface area contributed by atoms with Gasteiger partial charge in [-0.25, -0.2) is 4.99 Å². The highest BCUT2D eigenvalue weighted by molar-refractivity contribution is 6.35. The summed E-state index contributed by atoms with van der Waals surface area (Å²) in [5.74, 6) is 0. The van der Waals surface area contributed by atoms with Gasteiger partial charge in [-0.05, 0) is 18.2 Å². The second-order valence-corrected chi connectivity index (χ2v) is 2.87. The van der Waals surface area contributed by atoms with Crippen molar-refractivity contribution < 1.29 is 0 Å². The smallest absolute Gasteiger partial charge is 0.0722 e. The van der Waals surface area contributed by atoms with Crippen molar-refractivity contribution in [2.24, 2.45) is 4.99 Å². The Morgan fingerprint density at radius 2 is 2.08 bits per heavy atom. The number of hydrogen-bond donors (Lipinski definition) is 0. The molecule has 2 aliphatic rings. The fourth-order valence-corrected chi connectivity index (χ4v) is 1.58. The van der Waals surface area contributed by atoms with Gasteiger partial charge in [0.2, 0.25) is 0 Å². The van der Waals surface area contributed by atoms with Crippen molar-refractivity contribution in [1.29, 1.82) is 0 Å². The van der Waals surface area contributed by atoms with E-state index in [0.29, 0.717) is 0 Å². The Labute approximate surface area is 70.8 Å². The maximum atomic E-state index is 4.44. The van der Waals surface area contributed by atoms with Crippen LogP contribution in [0, 0.1) is 6.08 Å². The highest BCUT2D eigenvalue weighted by Gasteiger charge is 2.19. The molecule has 1 aliphatic heterocycles. The normalized spacial score (nSPS) is 17.0. The van der Waals surface area contributed by atoms with Gasteiger partial charge in [0.1, 0.15) is 0 Å². The van der Waals surface area contributed by atoms with E-state index in [-0.39, 0.29) is 0 Å². The molecule has 0 aromatic heterocycles. The molecule has 0 bridgehead atoms. The Morgan fingerprint density at radius 3 is 3.08 bits per heavy atom. The number of benzene rings is 1. The van der Waals surface area contributed by atoms with Crippen molar-refractivity contribution in [2.75, 3.05) is 0 Å². The van der Waals surface area contributed by atoms with Crippen molar-refractivity contribution in [1.82, 2.24) is 0 Å². The molecule has 1 nitrogen and oxygen atoms in total. The molecule has 0 spiro atoms. The standard InChI is InChI=1S/C11H6N/c1-2-6-10-8(4-1)9-5-3-7-11(9)12-10/h1-4,6-7H. The molecular weight excluding hydrogens is 146 g/mol. The van der Waals surface area contributed by atoms with E-state index in [1.54, 1.807) is 0 Å². The molecule has 1 radical (unpaired) electrons. The van der Waals surface area contributed by atoms with Gasteiger partial charge in [0.05, 0.1) is 11.4 Å². The third kappa shape index (κ3) is 0.607. The van der Waals surface area contributed by atoms with Gasteiger partial charge in [0, 0.05) is 11.1 Å². The van der Waals surface area contributed by atoms with Gasteiger partial charge in [-0.2, -0.15) is 0 Å². The SMILES string of the molecule is [C]1=C2C(=Nc3ccccc32)C=C1. The number of aliphatic imine (C=N–C) groups is 1. The molecule has 0 fully saturated rings. The van der Waals surface area contributed by atoms with E-state index in [4.69, 9.17) is 0 Å². The van der Waals surface area contributed by atoms with Crippen LogP contribution in [0.25, 0.3) is 5.57 Å². The first-order valence-corrected chi connectivity index (χ1v) is 3.94. The average molecular weight is 152 g/mol. The van der Waals surface area contributed by atoms with E-state index in [2.05, 4.69) is 17.1 Å². The minimum Gasteiger partial charge on any atom is -0.248 e. The lowest BCUT2D eigenvalue weighted by Crippen LogP contribution is -1.85. The Morgan fingerprint density at radius 1 is 1.17 bits per heavy atom. The first-order valence-electron chi connectivity index (χ1n) is 3.94. The maximum absolute atomic E-state index is 4.44. The Bertz CT molecular complexity index is 436. The number of fused-ring (bicyclic) bond motifs is 3. The summed E-state index contributed by atoms with van der Waals surface area (Å²) < 4.78 is 0. The summed E-state index contributed by atoms with van der Waals surface area (Å²) >= 11 is 0. The topological polar surface area (TPSA) is 12.4 Å². The monoisotopic (exact) mass is 152 g/mol. The number of para-hydroxylation sites is 1. The quantitative estimate of drug-likeness (QED) is 0.541. The first kappa shape index (κ1) is 5.95. The molecular formula is C11H6N. The summed E-state index contributed by atoms with van der Waals surface area (Å²) in [6.45, 7) is 0. The van der Waals surface area contributed by atoms with Gasteiger partial charge in [-0.15, -0.1) is 0 Å². The Hall–Kier alpha value is -1.63. The van der Waals surface area contributed by atoms with Gasteiger partial charge in [-0.3, -0.25) is 0 Å². The third-order valence-electron chi connectivity index (χ3n) is 2.14. The molecule has 1 heteroatoms. The number of hydrogen-bond acceptors (Lipinski definition) is 1. The number of rotatable bonds is 0. The summed E-state index contributed by atoms with van der Waals surface area (Å²) in [4.78, 5) is 4.44. The second-order valence-electron chi connectivity index (χ2n) is 2.87. The van der Waals surface area contributed by atoms with Crippen molar-refractivity contribution in [2.45, 2.75) is 0 Å². The molecule has 0 atom stereocenters. The molecule has 1 aliphatic carbocycles. The molecule has 1 aromatic carbocycles. The van der Waals surface area contributed by atoms with Crippen LogP contribution in [-0.2, 0) is 0 Å². The molecule has 3 rings (SSSR count). The summed E-state index contributed by atoms with van der Waals surface area (Å²) in [5, 5.41) is 0. The van der Waals surface area contributed by atoms with Gasteiger partial charge in [0.25, 0.3) is 0 Å². The minimum absolute atomic E-state index is 1.05. The molecule has 1 heterocycles. The molecule has 12 heavy (non-hydrogen) atoms. The van der Waals surface area contributed by atoms with Crippen LogP contribution in [-0.4, -0.2) is 5.71 Å². The predicted molar refractivity (Wildman–Crippen MR) is 49.3 cm³/mol. The zero-order valence-electron chi connectivity index (χ0n) is 6.41. The molecule has 0 amide bonds. The van der Waals surface area contributed by atoms with Crippen LogP contribution >= 0.6 is 0 Å². The molecule has 0 unspecified atom stereocenters. The lowest BCUT2D eigenvalue weighted by atomic mass is 10.1. The van der Waals surface area contributed by atoms with E-state index < -0.39 is 0 Å². The van der Waals surface area contributed by atoms with E-state index >= 15 is 0 Å². The van der Waals surface area contributed by atoms with Crippen molar-refractivity contribution in [3.8, 4) is 0 Å². The highest BCUT2D eigenvalue weighted by Crippen LogP contribution is 2.36. The Kier molecular flexibility index (Phi) is 0.965. The lowest BCUT2D eigenvalue weighted by molar-refractivity contribution is 1.54. The van der Waals surface area contributed by atoms with Crippen LogP contribution in [0.2, 0.25) is 0 Å². The van der Waals surface area contributed by atoms with E-state index in [1.165, 1.54) is 5.56 Å². The van der Waals surface area contributed by atoms with Gasteiger partial charge < -0.3 is 0 Å².